The van der Waals surface area contributed by atoms with E-state index in [0.717, 1.165) is 57.6 Å². The highest BCUT2D eigenvalue weighted by Gasteiger charge is 2.11. The van der Waals surface area contributed by atoms with Gasteiger partial charge in [0.25, 0.3) is 0 Å². The van der Waals surface area contributed by atoms with Crippen molar-refractivity contribution < 1.29 is 9.84 Å². The molecule has 1 heterocycles. The van der Waals surface area contributed by atoms with Crippen molar-refractivity contribution in [3.8, 4) is 0 Å². The molecule has 0 bridgehead atoms. The van der Waals surface area contributed by atoms with E-state index >= 15 is 0 Å². The number of anilines is 1. The average molecular weight is 426 g/mol. The van der Waals surface area contributed by atoms with E-state index in [1.807, 2.05) is 24.4 Å². The molecule has 0 saturated heterocycles. The number of benzene rings is 1. The molecular formula is C21H29Cl2N3O2. The minimum atomic E-state index is -0.664. The first-order valence-electron chi connectivity index (χ1n) is 9.68. The molecule has 1 aromatic carbocycles. The number of hydrogen-bond acceptors (Lipinski definition) is 5. The van der Waals surface area contributed by atoms with E-state index in [1.54, 1.807) is 12.1 Å². The van der Waals surface area contributed by atoms with Crippen molar-refractivity contribution in [1.82, 2.24) is 10.3 Å². The van der Waals surface area contributed by atoms with Crippen LogP contribution in [0.15, 0.2) is 36.5 Å². The molecule has 1 aromatic heterocycles. The third kappa shape index (κ3) is 8.33. The van der Waals surface area contributed by atoms with Gasteiger partial charge in [-0.15, -0.1) is 0 Å². The minimum absolute atomic E-state index is 0.341. The highest BCUT2D eigenvalue weighted by molar-refractivity contribution is 6.38. The van der Waals surface area contributed by atoms with Gasteiger partial charge in [0.1, 0.15) is 0 Å². The predicted molar refractivity (Wildman–Crippen MR) is 116 cm³/mol. The number of pyridine rings is 1. The molecule has 0 radical (unpaired) electrons. The Kier molecular flexibility index (Phi) is 10.6. The summed E-state index contributed by atoms with van der Waals surface area (Å²) in [5.74, 6) is 0. The van der Waals surface area contributed by atoms with Crippen molar-refractivity contribution in [3.05, 3.63) is 57.8 Å². The monoisotopic (exact) mass is 425 g/mol. The van der Waals surface area contributed by atoms with Gasteiger partial charge in [0.15, 0.2) is 0 Å². The van der Waals surface area contributed by atoms with Crippen LogP contribution in [0.25, 0.3) is 0 Å². The number of nitrogens with two attached hydrogens (primary N) is 1. The Morgan fingerprint density at radius 1 is 1.07 bits per heavy atom. The van der Waals surface area contributed by atoms with E-state index in [1.165, 1.54) is 0 Å². The van der Waals surface area contributed by atoms with E-state index in [4.69, 9.17) is 33.7 Å². The smallest absolute Gasteiger partial charge is 0.0915 e. The Hall–Kier alpha value is -1.37. The summed E-state index contributed by atoms with van der Waals surface area (Å²) in [5.41, 5.74) is 7.79. The molecule has 2 aromatic rings. The summed E-state index contributed by atoms with van der Waals surface area (Å²) in [4.78, 5) is 4.28. The molecule has 4 N–H and O–H groups in total. The molecule has 0 aliphatic rings. The maximum absolute atomic E-state index is 10.2. The lowest BCUT2D eigenvalue weighted by atomic mass is 10.1. The normalized spacial score (nSPS) is 12.2. The van der Waals surface area contributed by atoms with E-state index in [9.17, 15) is 5.11 Å². The molecule has 0 amide bonds. The topological polar surface area (TPSA) is 80.4 Å². The largest absolute Gasteiger partial charge is 0.396 e. The average Bonchev–Trinajstić information content (AvgIpc) is 2.70. The highest BCUT2D eigenvalue weighted by Crippen LogP contribution is 2.31. The maximum atomic E-state index is 10.2. The molecule has 0 aliphatic heterocycles. The number of aromatic nitrogens is 1. The van der Waals surface area contributed by atoms with Gasteiger partial charge in [-0.25, -0.2) is 0 Å². The van der Waals surface area contributed by atoms with Crippen LogP contribution in [0.3, 0.4) is 0 Å². The fourth-order valence-corrected chi connectivity index (χ4v) is 3.29. The molecule has 2 rings (SSSR count). The number of ether oxygens (including phenoxy) is 1. The second-order valence-corrected chi connectivity index (χ2v) is 7.53. The third-order valence-electron chi connectivity index (χ3n) is 4.44. The third-order valence-corrected chi connectivity index (χ3v) is 5.07. The number of unbranched alkanes of at least 4 members (excludes halogenated alkanes) is 3. The zero-order valence-corrected chi connectivity index (χ0v) is 17.6. The molecule has 0 fully saturated rings. The van der Waals surface area contributed by atoms with Crippen LogP contribution in [0.1, 0.15) is 43.0 Å². The summed E-state index contributed by atoms with van der Waals surface area (Å²) in [6, 6.07) is 9.24. The fraction of sp³-hybridized carbons (Fsp3) is 0.476. The molecular weight excluding hydrogens is 397 g/mol. The van der Waals surface area contributed by atoms with Crippen LogP contribution in [0.4, 0.5) is 5.69 Å². The van der Waals surface area contributed by atoms with Crippen LogP contribution in [-0.2, 0) is 11.2 Å². The van der Waals surface area contributed by atoms with Crippen LogP contribution < -0.4 is 11.1 Å². The number of nitrogens with zero attached hydrogens (tertiary/aromatic N) is 1. The fourth-order valence-electron chi connectivity index (χ4n) is 2.79. The summed E-state index contributed by atoms with van der Waals surface area (Å²) in [6.07, 6.45) is 6.39. The summed E-state index contributed by atoms with van der Waals surface area (Å²) in [5, 5.41) is 14.2. The van der Waals surface area contributed by atoms with Gasteiger partial charge in [0.05, 0.1) is 28.4 Å². The Labute approximate surface area is 177 Å². The van der Waals surface area contributed by atoms with Crippen LogP contribution >= 0.6 is 23.2 Å². The lowest BCUT2D eigenvalue weighted by Crippen LogP contribution is -2.22. The van der Waals surface area contributed by atoms with Gasteiger partial charge in [-0.3, -0.25) is 4.98 Å². The van der Waals surface area contributed by atoms with Crippen molar-refractivity contribution in [2.45, 2.75) is 38.2 Å². The SMILES string of the molecule is Nc1c(Cl)cc([C@H](O)CNCCCCCCOCCc2ccccn2)cc1Cl. The van der Waals surface area contributed by atoms with Gasteiger partial charge >= 0.3 is 0 Å². The molecule has 5 nitrogen and oxygen atoms in total. The van der Waals surface area contributed by atoms with Gasteiger partial charge < -0.3 is 20.9 Å². The quantitative estimate of drug-likeness (QED) is 0.327. The zero-order valence-electron chi connectivity index (χ0n) is 16.0. The molecule has 0 spiro atoms. The van der Waals surface area contributed by atoms with Gasteiger partial charge in [-0.2, -0.15) is 0 Å². The predicted octanol–water partition coefficient (Wildman–Crippen LogP) is 4.41. The summed E-state index contributed by atoms with van der Waals surface area (Å²) >= 11 is 12.0. The van der Waals surface area contributed by atoms with E-state index in [-0.39, 0.29) is 0 Å². The Balaban J connectivity index is 1.45. The Morgan fingerprint density at radius 3 is 2.54 bits per heavy atom. The maximum Gasteiger partial charge on any atom is 0.0915 e. The standard InChI is InChI=1S/C21H29Cl2N3O2/c22-18-13-16(14-19(23)21(18)24)20(27)15-25-9-4-1-2-6-11-28-12-8-17-7-3-5-10-26-17/h3,5,7,10,13-14,20,25,27H,1-2,4,6,8-9,11-12,15,24H2/t20-/m1/s1. The van der Waals surface area contributed by atoms with Gasteiger partial charge in [0.2, 0.25) is 0 Å². The summed E-state index contributed by atoms with van der Waals surface area (Å²) < 4.78 is 5.65. The molecule has 0 aliphatic carbocycles. The molecule has 7 heteroatoms. The second kappa shape index (κ2) is 13.0. The number of nitrogens with one attached hydrogen (secondary N) is 1. The first-order chi connectivity index (χ1) is 13.6. The minimum Gasteiger partial charge on any atom is -0.396 e. The highest BCUT2D eigenvalue weighted by atomic mass is 35.5. The lowest BCUT2D eigenvalue weighted by Gasteiger charge is -2.14. The van der Waals surface area contributed by atoms with Crippen molar-refractivity contribution in [2.75, 3.05) is 32.0 Å². The first kappa shape index (κ1) is 22.9. The lowest BCUT2D eigenvalue weighted by molar-refractivity contribution is 0.132. The number of aliphatic hydroxyl groups is 1. The molecule has 28 heavy (non-hydrogen) atoms. The Bertz CT molecular complexity index is 678. The van der Waals surface area contributed by atoms with Crippen LogP contribution in [0, 0.1) is 0 Å². The number of aliphatic hydroxyl groups excluding tert-OH is 1. The Morgan fingerprint density at radius 2 is 1.82 bits per heavy atom. The molecule has 0 unspecified atom stereocenters. The zero-order chi connectivity index (χ0) is 20.2. The van der Waals surface area contributed by atoms with Crippen molar-refractivity contribution >= 4 is 28.9 Å². The van der Waals surface area contributed by atoms with E-state index < -0.39 is 6.10 Å². The second-order valence-electron chi connectivity index (χ2n) is 6.72. The number of halogens is 2. The van der Waals surface area contributed by atoms with Gasteiger partial charge in [0, 0.05) is 31.5 Å². The van der Waals surface area contributed by atoms with Crippen LogP contribution in [-0.4, -0.2) is 36.4 Å². The first-order valence-corrected chi connectivity index (χ1v) is 10.4. The van der Waals surface area contributed by atoms with E-state index in [0.29, 0.717) is 27.8 Å². The molecule has 1 atom stereocenters. The molecule has 0 saturated carbocycles. The summed E-state index contributed by atoms with van der Waals surface area (Å²) in [7, 11) is 0. The van der Waals surface area contributed by atoms with E-state index in [2.05, 4.69) is 10.3 Å². The number of rotatable bonds is 13. The van der Waals surface area contributed by atoms with Crippen LogP contribution in [0.5, 0.6) is 0 Å². The summed E-state index contributed by atoms with van der Waals surface area (Å²) in [6.45, 7) is 2.81. The number of hydrogen-bond donors (Lipinski definition) is 3. The van der Waals surface area contributed by atoms with Crippen molar-refractivity contribution in [1.29, 1.82) is 0 Å². The van der Waals surface area contributed by atoms with Crippen LogP contribution in [0.2, 0.25) is 10.0 Å². The van der Waals surface area contributed by atoms with Crippen molar-refractivity contribution in [2.24, 2.45) is 0 Å². The van der Waals surface area contributed by atoms with Crippen molar-refractivity contribution in [3.63, 3.8) is 0 Å². The number of nitrogen functional groups attached to an aromatic ring is 1. The molecule has 154 valence electrons. The van der Waals surface area contributed by atoms with Gasteiger partial charge in [-0.05, 0) is 49.2 Å². The van der Waals surface area contributed by atoms with Gasteiger partial charge in [-0.1, -0.05) is 42.1 Å².